The quantitative estimate of drug-likeness (QED) is 0.785. The standard InChI is InChI=1S/C20H27N5O3S/c26-15-17-6-4-5-9-25(17)20-14-19(21-16-22-20)23-10-12-24(13-11-23)29(27,28)18-7-2-1-3-8-18/h1-3,7-8,14,16-17,26H,4-6,9-13,15H2/t17-/m1/s1. The number of benzene rings is 1. The molecule has 8 nitrogen and oxygen atoms in total. The van der Waals surface area contributed by atoms with Crippen LogP contribution in [0.3, 0.4) is 0 Å². The highest BCUT2D eigenvalue weighted by Crippen LogP contribution is 2.26. The van der Waals surface area contributed by atoms with Gasteiger partial charge in [0.1, 0.15) is 18.0 Å². The van der Waals surface area contributed by atoms with Crippen molar-refractivity contribution in [2.75, 3.05) is 49.1 Å². The van der Waals surface area contributed by atoms with Crippen LogP contribution in [0.1, 0.15) is 19.3 Å². The van der Waals surface area contributed by atoms with Gasteiger partial charge in [-0.25, -0.2) is 18.4 Å². The molecule has 4 rings (SSSR count). The van der Waals surface area contributed by atoms with E-state index < -0.39 is 10.0 Å². The Morgan fingerprint density at radius 1 is 0.966 bits per heavy atom. The molecular formula is C20H27N5O3S. The summed E-state index contributed by atoms with van der Waals surface area (Å²) in [5.74, 6) is 1.63. The van der Waals surface area contributed by atoms with Crippen molar-refractivity contribution < 1.29 is 13.5 Å². The fraction of sp³-hybridized carbons (Fsp3) is 0.500. The highest BCUT2D eigenvalue weighted by Gasteiger charge is 2.29. The van der Waals surface area contributed by atoms with Gasteiger partial charge in [-0.3, -0.25) is 0 Å². The van der Waals surface area contributed by atoms with Crippen LogP contribution in [0.5, 0.6) is 0 Å². The molecule has 1 N–H and O–H groups in total. The summed E-state index contributed by atoms with van der Waals surface area (Å²) in [6.07, 6.45) is 4.73. The predicted octanol–water partition coefficient (Wildman–Crippen LogP) is 1.34. The van der Waals surface area contributed by atoms with Crippen LogP contribution in [-0.2, 0) is 10.0 Å². The lowest BCUT2D eigenvalue weighted by molar-refractivity contribution is 0.239. The van der Waals surface area contributed by atoms with Crippen molar-refractivity contribution in [3.8, 4) is 0 Å². The molecule has 29 heavy (non-hydrogen) atoms. The van der Waals surface area contributed by atoms with Crippen LogP contribution in [0.15, 0.2) is 47.6 Å². The van der Waals surface area contributed by atoms with E-state index in [9.17, 15) is 13.5 Å². The summed E-state index contributed by atoms with van der Waals surface area (Å²) < 4.78 is 27.2. The molecule has 1 atom stereocenters. The van der Waals surface area contributed by atoms with E-state index in [-0.39, 0.29) is 12.6 Å². The number of piperazine rings is 1. The first-order valence-electron chi connectivity index (χ1n) is 10.1. The Morgan fingerprint density at radius 3 is 2.41 bits per heavy atom. The molecule has 0 unspecified atom stereocenters. The molecule has 1 aromatic heterocycles. The summed E-state index contributed by atoms with van der Waals surface area (Å²) in [5, 5.41) is 9.68. The molecule has 0 radical (unpaired) electrons. The van der Waals surface area contributed by atoms with E-state index in [1.165, 1.54) is 4.31 Å². The predicted molar refractivity (Wildman–Crippen MR) is 112 cm³/mol. The molecule has 0 amide bonds. The highest BCUT2D eigenvalue weighted by atomic mass is 32.2. The summed E-state index contributed by atoms with van der Waals surface area (Å²) in [5.41, 5.74) is 0. The molecule has 2 aliphatic heterocycles. The van der Waals surface area contributed by atoms with Crippen LogP contribution < -0.4 is 9.80 Å². The second-order valence-corrected chi connectivity index (χ2v) is 9.40. The van der Waals surface area contributed by atoms with Gasteiger partial charge in [-0.15, -0.1) is 0 Å². The van der Waals surface area contributed by atoms with Gasteiger partial charge in [0, 0.05) is 38.8 Å². The van der Waals surface area contributed by atoms with Crippen LogP contribution in [-0.4, -0.2) is 73.2 Å². The maximum atomic E-state index is 12.8. The van der Waals surface area contributed by atoms with Crippen LogP contribution in [0.4, 0.5) is 11.6 Å². The largest absolute Gasteiger partial charge is 0.394 e. The molecule has 2 saturated heterocycles. The zero-order valence-corrected chi connectivity index (χ0v) is 17.2. The molecular weight excluding hydrogens is 390 g/mol. The number of rotatable bonds is 5. The van der Waals surface area contributed by atoms with Gasteiger partial charge in [-0.2, -0.15) is 4.31 Å². The first-order chi connectivity index (χ1) is 14.1. The van der Waals surface area contributed by atoms with Gasteiger partial charge in [0.05, 0.1) is 17.5 Å². The number of aliphatic hydroxyl groups is 1. The lowest BCUT2D eigenvalue weighted by atomic mass is 10.0. The van der Waals surface area contributed by atoms with Gasteiger partial charge >= 0.3 is 0 Å². The number of anilines is 2. The minimum atomic E-state index is -3.47. The molecule has 2 aliphatic rings. The molecule has 1 aromatic carbocycles. The Morgan fingerprint density at radius 2 is 1.69 bits per heavy atom. The van der Waals surface area contributed by atoms with Crippen LogP contribution in [0, 0.1) is 0 Å². The molecule has 156 valence electrons. The van der Waals surface area contributed by atoms with Gasteiger partial charge < -0.3 is 14.9 Å². The molecule has 0 aliphatic carbocycles. The summed E-state index contributed by atoms with van der Waals surface area (Å²) >= 11 is 0. The zero-order valence-electron chi connectivity index (χ0n) is 16.4. The molecule has 2 aromatic rings. The van der Waals surface area contributed by atoms with Crippen LogP contribution in [0.2, 0.25) is 0 Å². The van der Waals surface area contributed by atoms with Crippen molar-refractivity contribution in [1.29, 1.82) is 0 Å². The second-order valence-electron chi connectivity index (χ2n) is 7.46. The van der Waals surface area contributed by atoms with Crippen molar-refractivity contribution in [2.24, 2.45) is 0 Å². The Balaban J connectivity index is 1.45. The van der Waals surface area contributed by atoms with Crippen molar-refractivity contribution in [2.45, 2.75) is 30.2 Å². The van der Waals surface area contributed by atoms with Crippen molar-refractivity contribution in [3.63, 3.8) is 0 Å². The minimum absolute atomic E-state index is 0.0966. The number of aliphatic hydroxyl groups excluding tert-OH is 1. The summed E-state index contributed by atoms with van der Waals surface area (Å²) in [4.78, 5) is 13.4. The second kappa shape index (κ2) is 8.64. The number of sulfonamides is 1. The highest BCUT2D eigenvalue weighted by molar-refractivity contribution is 7.89. The third-order valence-corrected chi connectivity index (χ3v) is 7.63. The number of hydrogen-bond acceptors (Lipinski definition) is 7. The van der Waals surface area contributed by atoms with E-state index in [2.05, 4.69) is 19.8 Å². The molecule has 9 heteroatoms. The Hall–Kier alpha value is -2.23. The minimum Gasteiger partial charge on any atom is -0.394 e. The molecule has 0 bridgehead atoms. The van der Waals surface area contributed by atoms with Gasteiger partial charge in [0.25, 0.3) is 0 Å². The van der Waals surface area contributed by atoms with Crippen LogP contribution >= 0.6 is 0 Å². The van der Waals surface area contributed by atoms with Gasteiger partial charge in [-0.05, 0) is 31.4 Å². The van der Waals surface area contributed by atoms with E-state index in [1.807, 2.05) is 12.1 Å². The molecule has 0 spiro atoms. The summed E-state index contributed by atoms with van der Waals surface area (Å²) in [7, 11) is -3.47. The van der Waals surface area contributed by atoms with Crippen LogP contribution in [0.25, 0.3) is 0 Å². The smallest absolute Gasteiger partial charge is 0.243 e. The first-order valence-corrected chi connectivity index (χ1v) is 11.5. The van der Waals surface area contributed by atoms with E-state index in [1.54, 1.807) is 30.6 Å². The van der Waals surface area contributed by atoms with Crippen molar-refractivity contribution >= 4 is 21.7 Å². The van der Waals surface area contributed by atoms with Gasteiger partial charge in [-0.1, -0.05) is 18.2 Å². The average Bonchev–Trinajstić information content (AvgIpc) is 2.80. The van der Waals surface area contributed by atoms with E-state index in [0.29, 0.717) is 31.1 Å². The maximum absolute atomic E-state index is 12.8. The zero-order chi connectivity index (χ0) is 20.3. The Bertz CT molecular complexity index is 917. The number of hydrogen-bond donors (Lipinski definition) is 1. The Labute approximate surface area is 171 Å². The SMILES string of the molecule is O=S(=O)(c1ccccc1)N1CCN(c2cc(N3CCCC[C@@H]3CO)ncn2)CC1. The van der Waals surface area contributed by atoms with E-state index in [4.69, 9.17) is 0 Å². The topological polar surface area (TPSA) is 89.9 Å². The normalized spacial score (nSPS) is 21.3. The summed E-state index contributed by atoms with van der Waals surface area (Å²) in [6, 6.07) is 10.6. The maximum Gasteiger partial charge on any atom is 0.243 e. The van der Waals surface area contributed by atoms with Gasteiger partial charge in [0.2, 0.25) is 10.0 Å². The lowest BCUT2D eigenvalue weighted by Gasteiger charge is -2.37. The van der Waals surface area contributed by atoms with E-state index >= 15 is 0 Å². The monoisotopic (exact) mass is 417 g/mol. The lowest BCUT2D eigenvalue weighted by Crippen LogP contribution is -2.49. The first kappa shape index (κ1) is 20.1. The Kier molecular flexibility index (Phi) is 5.98. The van der Waals surface area contributed by atoms with E-state index in [0.717, 1.165) is 37.4 Å². The van der Waals surface area contributed by atoms with Crippen molar-refractivity contribution in [3.05, 3.63) is 42.7 Å². The average molecular weight is 418 g/mol. The molecule has 3 heterocycles. The number of aromatic nitrogens is 2. The third kappa shape index (κ3) is 4.22. The third-order valence-electron chi connectivity index (χ3n) is 5.71. The van der Waals surface area contributed by atoms with Gasteiger partial charge in [0.15, 0.2) is 0 Å². The van der Waals surface area contributed by atoms with Crippen molar-refractivity contribution in [1.82, 2.24) is 14.3 Å². The molecule has 0 saturated carbocycles. The fourth-order valence-electron chi connectivity index (χ4n) is 4.06. The summed E-state index contributed by atoms with van der Waals surface area (Å²) in [6.45, 7) is 2.98. The number of piperidine rings is 1. The fourth-order valence-corrected chi connectivity index (χ4v) is 5.50. The molecule has 2 fully saturated rings. The number of nitrogens with zero attached hydrogens (tertiary/aromatic N) is 5.